The van der Waals surface area contributed by atoms with Gasteiger partial charge < -0.3 is 9.47 Å². The first-order valence-corrected chi connectivity index (χ1v) is 9.63. The van der Waals surface area contributed by atoms with Crippen LogP contribution >= 0.6 is 23.8 Å². The van der Waals surface area contributed by atoms with Crippen molar-refractivity contribution in [3.63, 3.8) is 0 Å². The number of carbonyl (C=O) groups excluding carboxylic acids is 2. The van der Waals surface area contributed by atoms with E-state index in [1.54, 1.807) is 24.3 Å². The van der Waals surface area contributed by atoms with Crippen molar-refractivity contribution >= 4 is 52.5 Å². The molecule has 1 heterocycles. The summed E-state index contributed by atoms with van der Waals surface area (Å²) in [7, 11) is 1.49. The van der Waals surface area contributed by atoms with Crippen molar-refractivity contribution in [2.24, 2.45) is 0 Å². The first-order chi connectivity index (χ1) is 13.9. The normalized spacial score (nSPS) is 15.5. The number of ether oxygens (including phenoxy) is 2. The molecular weight excluding hydrogens is 412 g/mol. The maximum Gasteiger partial charge on any atom is 0.270 e. The average molecular weight is 431 g/mol. The molecule has 2 aromatic carbocycles. The van der Waals surface area contributed by atoms with Gasteiger partial charge in [-0.2, -0.15) is 0 Å². The zero-order valence-electron chi connectivity index (χ0n) is 16.1. The highest BCUT2D eigenvalue weighted by molar-refractivity contribution is 7.80. The van der Waals surface area contributed by atoms with E-state index in [2.05, 4.69) is 5.32 Å². The fourth-order valence-electron chi connectivity index (χ4n) is 2.96. The van der Waals surface area contributed by atoms with Crippen molar-refractivity contribution in [3.05, 3.63) is 58.1 Å². The Morgan fingerprint density at radius 2 is 1.97 bits per heavy atom. The van der Waals surface area contributed by atoms with Crippen LogP contribution in [0.5, 0.6) is 11.5 Å². The molecule has 0 aliphatic carbocycles. The van der Waals surface area contributed by atoms with Gasteiger partial charge >= 0.3 is 0 Å². The van der Waals surface area contributed by atoms with Crippen molar-refractivity contribution in [3.8, 4) is 11.5 Å². The number of benzene rings is 2. The third-order valence-corrected chi connectivity index (χ3v) is 4.87. The molecule has 0 saturated carbocycles. The van der Waals surface area contributed by atoms with Crippen LogP contribution in [-0.4, -0.2) is 30.6 Å². The summed E-state index contributed by atoms with van der Waals surface area (Å²) >= 11 is 11.5. The molecule has 150 valence electrons. The van der Waals surface area contributed by atoms with Gasteiger partial charge in [0.15, 0.2) is 16.6 Å². The number of halogens is 1. The van der Waals surface area contributed by atoms with E-state index in [4.69, 9.17) is 33.3 Å². The molecule has 1 aliphatic heterocycles. The summed E-state index contributed by atoms with van der Waals surface area (Å²) in [4.78, 5) is 26.9. The second-order valence-electron chi connectivity index (χ2n) is 6.21. The first kappa shape index (κ1) is 20.8. The van der Waals surface area contributed by atoms with E-state index in [0.717, 1.165) is 5.56 Å². The van der Waals surface area contributed by atoms with Crippen LogP contribution in [0.4, 0.5) is 5.69 Å². The average Bonchev–Trinajstić information content (AvgIpc) is 2.68. The third-order valence-electron chi connectivity index (χ3n) is 4.31. The van der Waals surface area contributed by atoms with Crippen LogP contribution in [-0.2, 0) is 9.59 Å². The maximum atomic E-state index is 13.1. The van der Waals surface area contributed by atoms with Crippen LogP contribution in [0.25, 0.3) is 6.08 Å². The molecule has 1 aliphatic rings. The molecule has 29 heavy (non-hydrogen) atoms. The Labute approximate surface area is 179 Å². The summed E-state index contributed by atoms with van der Waals surface area (Å²) in [6.07, 6.45) is 1.45. The molecule has 0 aromatic heterocycles. The minimum atomic E-state index is -0.575. The highest BCUT2D eigenvalue weighted by atomic mass is 35.5. The largest absolute Gasteiger partial charge is 0.493 e. The van der Waals surface area contributed by atoms with Crippen LogP contribution < -0.4 is 19.7 Å². The fourth-order valence-corrected chi connectivity index (χ4v) is 3.51. The smallest absolute Gasteiger partial charge is 0.270 e. The van der Waals surface area contributed by atoms with Gasteiger partial charge in [-0.15, -0.1) is 0 Å². The molecule has 2 aromatic rings. The number of nitrogens with zero attached hydrogens (tertiary/aromatic N) is 1. The SMILES string of the molecule is CCOc1c(Cl)cc(/C=C2\C(=O)NC(=S)N(c3ccccc3C)C2=O)cc1OC. The van der Waals surface area contributed by atoms with Crippen molar-refractivity contribution in [2.45, 2.75) is 13.8 Å². The van der Waals surface area contributed by atoms with Gasteiger partial charge in [0.05, 0.1) is 24.4 Å². The lowest BCUT2D eigenvalue weighted by molar-refractivity contribution is -0.122. The molecule has 6 nitrogen and oxygen atoms in total. The summed E-state index contributed by atoms with van der Waals surface area (Å²) in [5, 5.41) is 2.92. The van der Waals surface area contributed by atoms with Crippen molar-refractivity contribution < 1.29 is 19.1 Å². The summed E-state index contributed by atoms with van der Waals surface area (Å²) in [6, 6.07) is 10.5. The monoisotopic (exact) mass is 430 g/mol. The van der Waals surface area contributed by atoms with Crippen LogP contribution in [0.2, 0.25) is 5.02 Å². The van der Waals surface area contributed by atoms with Crippen molar-refractivity contribution in [1.82, 2.24) is 5.32 Å². The predicted octanol–water partition coefficient (Wildman–Crippen LogP) is 3.89. The van der Waals surface area contributed by atoms with E-state index in [0.29, 0.717) is 34.4 Å². The minimum absolute atomic E-state index is 0.0359. The predicted molar refractivity (Wildman–Crippen MR) is 117 cm³/mol. The molecule has 0 atom stereocenters. The standard InChI is InChI=1S/C21H19ClN2O4S/c1-4-28-18-15(22)10-13(11-17(18)27-3)9-14-19(25)23-21(29)24(20(14)26)16-8-6-5-7-12(16)2/h5-11H,4H2,1-3H3,(H,23,25,29)/b14-9+. The lowest BCUT2D eigenvalue weighted by Crippen LogP contribution is -2.54. The molecule has 1 N–H and O–H groups in total. The summed E-state index contributed by atoms with van der Waals surface area (Å²) in [5.41, 5.74) is 1.91. The van der Waals surface area contributed by atoms with Crippen LogP contribution in [0.15, 0.2) is 42.0 Å². The summed E-state index contributed by atoms with van der Waals surface area (Å²) in [6.45, 7) is 4.11. The highest BCUT2D eigenvalue weighted by Crippen LogP contribution is 2.37. The van der Waals surface area contributed by atoms with Gasteiger partial charge in [-0.1, -0.05) is 29.8 Å². The van der Waals surface area contributed by atoms with Gasteiger partial charge in [-0.3, -0.25) is 19.8 Å². The van der Waals surface area contributed by atoms with Gasteiger partial charge in [0.25, 0.3) is 11.8 Å². The van der Waals surface area contributed by atoms with Gasteiger partial charge in [0.2, 0.25) is 0 Å². The number of aryl methyl sites for hydroxylation is 1. The lowest BCUT2D eigenvalue weighted by atomic mass is 10.1. The number of anilines is 1. The van der Waals surface area contributed by atoms with Gasteiger partial charge in [-0.25, -0.2) is 0 Å². The zero-order chi connectivity index (χ0) is 21.1. The number of thiocarbonyl (C=S) groups is 1. The minimum Gasteiger partial charge on any atom is -0.493 e. The van der Waals surface area contributed by atoms with Gasteiger partial charge in [0, 0.05) is 0 Å². The third kappa shape index (κ3) is 4.11. The molecule has 0 radical (unpaired) electrons. The first-order valence-electron chi connectivity index (χ1n) is 8.84. The Bertz CT molecular complexity index is 1040. The van der Waals surface area contributed by atoms with Crippen molar-refractivity contribution in [1.29, 1.82) is 0 Å². The number of rotatable bonds is 5. The van der Waals surface area contributed by atoms with Crippen LogP contribution in [0.1, 0.15) is 18.1 Å². The van der Waals surface area contributed by atoms with Gasteiger partial charge in [0.1, 0.15) is 5.57 Å². The zero-order valence-corrected chi connectivity index (χ0v) is 17.7. The Balaban J connectivity index is 2.05. The number of hydrogen-bond acceptors (Lipinski definition) is 5. The van der Waals surface area contributed by atoms with Crippen molar-refractivity contribution in [2.75, 3.05) is 18.6 Å². The molecule has 2 amide bonds. The van der Waals surface area contributed by atoms with Crippen LogP contribution in [0.3, 0.4) is 0 Å². The second kappa shape index (κ2) is 8.63. The fraction of sp³-hybridized carbons (Fsp3) is 0.190. The quantitative estimate of drug-likeness (QED) is 0.443. The molecule has 0 bridgehead atoms. The Kier molecular flexibility index (Phi) is 6.20. The molecule has 8 heteroatoms. The Morgan fingerprint density at radius 1 is 1.24 bits per heavy atom. The summed E-state index contributed by atoms with van der Waals surface area (Å²) < 4.78 is 10.8. The number of amides is 2. The Hall–Kier alpha value is -2.90. The maximum absolute atomic E-state index is 13.1. The number of hydrogen-bond donors (Lipinski definition) is 1. The molecule has 3 rings (SSSR count). The molecular formula is C21H19ClN2O4S. The lowest BCUT2D eigenvalue weighted by Gasteiger charge is -2.30. The number of carbonyl (C=O) groups is 2. The van der Waals surface area contributed by atoms with E-state index in [-0.39, 0.29) is 10.7 Å². The van der Waals surface area contributed by atoms with E-state index in [1.165, 1.54) is 18.1 Å². The second-order valence-corrected chi connectivity index (χ2v) is 7.01. The Morgan fingerprint density at radius 3 is 2.62 bits per heavy atom. The van der Waals surface area contributed by atoms with E-state index in [9.17, 15) is 9.59 Å². The molecule has 0 spiro atoms. The molecule has 1 fully saturated rings. The topological polar surface area (TPSA) is 67.9 Å². The molecule has 0 unspecified atom stereocenters. The number of nitrogens with one attached hydrogen (secondary N) is 1. The van der Waals surface area contributed by atoms with E-state index < -0.39 is 11.8 Å². The van der Waals surface area contributed by atoms with E-state index in [1.807, 2.05) is 26.0 Å². The number of para-hydroxylation sites is 1. The molecule has 1 saturated heterocycles. The van der Waals surface area contributed by atoms with Crippen LogP contribution in [0, 0.1) is 6.92 Å². The highest BCUT2D eigenvalue weighted by Gasteiger charge is 2.35. The van der Waals surface area contributed by atoms with Gasteiger partial charge in [-0.05, 0) is 61.5 Å². The summed E-state index contributed by atoms with van der Waals surface area (Å²) in [5.74, 6) is -0.284. The van der Waals surface area contributed by atoms with E-state index >= 15 is 0 Å². The number of methoxy groups -OCH3 is 1.